The predicted octanol–water partition coefficient (Wildman–Crippen LogP) is 1.96. The van der Waals surface area contributed by atoms with Crippen molar-refractivity contribution < 1.29 is 19.1 Å². The first-order valence-electron chi connectivity index (χ1n) is 8.53. The summed E-state index contributed by atoms with van der Waals surface area (Å²) < 4.78 is 10.2. The second kappa shape index (κ2) is 7.21. The minimum Gasteiger partial charge on any atom is -0.482 e. The van der Waals surface area contributed by atoms with Gasteiger partial charge in [-0.2, -0.15) is 0 Å². The molecule has 1 aromatic rings. The van der Waals surface area contributed by atoms with Crippen LogP contribution < -0.4 is 15.4 Å². The van der Waals surface area contributed by atoms with Gasteiger partial charge in [0.1, 0.15) is 5.75 Å². The Morgan fingerprint density at radius 1 is 1.33 bits per heavy atom. The highest BCUT2D eigenvalue weighted by molar-refractivity contribution is 5.95. The van der Waals surface area contributed by atoms with E-state index in [4.69, 9.17) is 9.47 Å². The van der Waals surface area contributed by atoms with Gasteiger partial charge in [-0.1, -0.05) is 6.07 Å². The Hall–Kier alpha value is -2.08. The number of hydrogen-bond acceptors (Lipinski definition) is 5. The Bertz CT molecular complexity index is 611. The van der Waals surface area contributed by atoms with Gasteiger partial charge in [0, 0.05) is 17.7 Å². The molecule has 2 N–H and O–H groups in total. The molecule has 0 bridgehead atoms. The van der Waals surface area contributed by atoms with Gasteiger partial charge in [-0.15, -0.1) is 0 Å². The van der Waals surface area contributed by atoms with Crippen molar-refractivity contribution in [2.45, 2.75) is 26.2 Å². The summed E-state index contributed by atoms with van der Waals surface area (Å²) in [6, 6.07) is 7.10. The summed E-state index contributed by atoms with van der Waals surface area (Å²) in [7, 11) is 0. The number of anilines is 1. The van der Waals surface area contributed by atoms with Crippen LogP contribution >= 0.6 is 0 Å². The van der Waals surface area contributed by atoms with E-state index in [1.165, 1.54) is 0 Å². The summed E-state index contributed by atoms with van der Waals surface area (Å²) in [4.78, 5) is 23.8. The molecule has 130 valence electrons. The van der Waals surface area contributed by atoms with Crippen LogP contribution in [0.1, 0.15) is 26.2 Å². The van der Waals surface area contributed by atoms with Gasteiger partial charge in [0.25, 0.3) is 0 Å². The van der Waals surface area contributed by atoms with Crippen molar-refractivity contribution in [3.8, 4) is 5.75 Å². The first kappa shape index (κ1) is 16.8. The number of piperidine rings is 1. The number of esters is 1. The highest BCUT2D eigenvalue weighted by Crippen LogP contribution is 2.58. The van der Waals surface area contributed by atoms with Crippen molar-refractivity contribution in [1.29, 1.82) is 0 Å². The third-order valence-corrected chi connectivity index (χ3v) is 4.87. The molecule has 6 heteroatoms. The lowest BCUT2D eigenvalue weighted by Crippen LogP contribution is -2.31. The van der Waals surface area contributed by atoms with Gasteiger partial charge in [-0.3, -0.25) is 4.79 Å². The molecule has 0 radical (unpaired) electrons. The molecular formula is C18H24N2O4. The van der Waals surface area contributed by atoms with E-state index in [0.29, 0.717) is 18.0 Å². The summed E-state index contributed by atoms with van der Waals surface area (Å²) in [5.74, 6) is 0.328. The molecule has 1 aliphatic carbocycles. The van der Waals surface area contributed by atoms with E-state index >= 15 is 0 Å². The second-order valence-corrected chi connectivity index (χ2v) is 6.48. The van der Waals surface area contributed by atoms with Crippen LogP contribution in [0.25, 0.3) is 0 Å². The lowest BCUT2D eigenvalue weighted by atomic mass is 9.92. The first-order chi connectivity index (χ1) is 11.6. The van der Waals surface area contributed by atoms with Gasteiger partial charge in [-0.25, -0.2) is 4.79 Å². The molecule has 6 nitrogen and oxygen atoms in total. The fourth-order valence-electron chi connectivity index (χ4n) is 3.43. The van der Waals surface area contributed by atoms with Crippen LogP contribution in [0.5, 0.6) is 5.75 Å². The SMILES string of the molecule is CCOC(=O)COc1cccc(NC(=O)C2CC23CCNCC3)c1. The first-order valence-corrected chi connectivity index (χ1v) is 8.53. The Labute approximate surface area is 141 Å². The number of carbonyl (C=O) groups is 2. The van der Waals surface area contributed by atoms with E-state index in [9.17, 15) is 9.59 Å². The maximum absolute atomic E-state index is 12.5. The number of hydrogen-bond donors (Lipinski definition) is 2. The molecule has 1 aromatic carbocycles. The molecule has 2 aliphatic rings. The van der Waals surface area contributed by atoms with Crippen LogP contribution in [-0.4, -0.2) is 38.2 Å². The normalized spacial score (nSPS) is 21.1. The smallest absolute Gasteiger partial charge is 0.344 e. The Morgan fingerprint density at radius 3 is 2.88 bits per heavy atom. The highest BCUT2D eigenvalue weighted by Gasteiger charge is 2.57. The number of ether oxygens (including phenoxy) is 2. The van der Waals surface area contributed by atoms with Gasteiger partial charge in [0.2, 0.25) is 5.91 Å². The van der Waals surface area contributed by atoms with Crippen LogP contribution in [0.3, 0.4) is 0 Å². The highest BCUT2D eigenvalue weighted by atomic mass is 16.6. The number of benzene rings is 1. The quantitative estimate of drug-likeness (QED) is 0.779. The summed E-state index contributed by atoms with van der Waals surface area (Å²) in [6.45, 7) is 3.95. The predicted molar refractivity (Wildman–Crippen MR) is 89.8 cm³/mol. The van der Waals surface area contributed by atoms with Gasteiger partial charge >= 0.3 is 5.97 Å². The molecule has 1 aliphatic heterocycles. The maximum Gasteiger partial charge on any atom is 0.344 e. The number of amides is 1. The number of carbonyl (C=O) groups excluding carboxylic acids is 2. The molecule has 2 fully saturated rings. The molecule has 1 spiro atoms. The fraction of sp³-hybridized carbons (Fsp3) is 0.556. The van der Waals surface area contributed by atoms with Crippen LogP contribution in [0, 0.1) is 11.3 Å². The van der Waals surface area contributed by atoms with Gasteiger partial charge in [0.15, 0.2) is 6.61 Å². The molecule has 0 aromatic heterocycles. The van der Waals surface area contributed by atoms with E-state index in [1.54, 1.807) is 25.1 Å². The Balaban J connectivity index is 1.53. The molecule has 3 rings (SSSR count). The molecule has 24 heavy (non-hydrogen) atoms. The zero-order chi connectivity index (χ0) is 17.0. The lowest BCUT2D eigenvalue weighted by molar-refractivity contribution is -0.145. The average molecular weight is 332 g/mol. The largest absolute Gasteiger partial charge is 0.482 e. The van der Waals surface area contributed by atoms with Crippen molar-refractivity contribution in [2.24, 2.45) is 11.3 Å². The third-order valence-electron chi connectivity index (χ3n) is 4.87. The monoisotopic (exact) mass is 332 g/mol. The standard InChI is InChI=1S/C18H24N2O4/c1-2-23-16(21)12-24-14-5-3-4-13(10-14)20-17(22)15-11-18(15)6-8-19-9-7-18/h3-5,10,15,19H,2,6-9,11-12H2,1H3,(H,20,22). The van der Waals surface area contributed by atoms with E-state index in [2.05, 4.69) is 10.6 Å². The lowest BCUT2D eigenvalue weighted by Gasteiger charge is -2.23. The van der Waals surface area contributed by atoms with Crippen molar-refractivity contribution in [3.05, 3.63) is 24.3 Å². The topological polar surface area (TPSA) is 76.7 Å². The van der Waals surface area contributed by atoms with E-state index in [-0.39, 0.29) is 23.8 Å². The Morgan fingerprint density at radius 2 is 2.12 bits per heavy atom. The minimum atomic E-state index is -0.405. The average Bonchev–Trinajstić information content (AvgIpc) is 3.27. The van der Waals surface area contributed by atoms with Gasteiger partial charge in [-0.05, 0) is 56.8 Å². The minimum absolute atomic E-state index is 0.0828. The zero-order valence-electron chi connectivity index (χ0n) is 14.0. The summed E-state index contributed by atoms with van der Waals surface area (Å²) in [6.07, 6.45) is 3.14. The van der Waals surface area contributed by atoms with Crippen LogP contribution in [0.4, 0.5) is 5.69 Å². The molecule has 1 saturated heterocycles. The van der Waals surface area contributed by atoms with Gasteiger partial charge in [0.05, 0.1) is 6.61 Å². The summed E-state index contributed by atoms with van der Waals surface area (Å²) in [5.41, 5.74) is 0.908. The summed E-state index contributed by atoms with van der Waals surface area (Å²) in [5, 5.41) is 6.32. The fourth-order valence-corrected chi connectivity index (χ4v) is 3.43. The molecular weight excluding hydrogens is 308 g/mol. The van der Waals surface area contributed by atoms with Gasteiger partial charge < -0.3 is 20.1 Å². The van der Waals surface area contributed by atoms with Crippen LogP contribution in [0.2, 0.25) is 0 Å². The van der Waals surface area contributed by atoms with E-state index in [1.807, 2.05) is 6.07 Å². The number of nitrogens with one attached hydrogen (secondary N) is 2. The van der Waals surface area contributed by atoms with Crippen LogP contribution in [-0.2, 0) is 14.3 Å². The van der Waals surface area contributed by atoms with Crippen molar-refractivity contribution in [2.75, 3.05) is 31.6 Å². The number of rotatable bonds is 6. The molecule has 1 unspecified atom stereocenters. The van der Waals surface area contributed by atoms with E-state index < -0.39 is 5.97 Å². The molecule has 1 atom stereocenters. The zero-order valence-corrected chi connectivity index (χ0v) is 14.0. The second-order valence-electron chi connectivity index (χ2n) is 6.48. The third kappa shape index (κ3) is 3.87. The van der Waals surface area contributed by atoms with E-state index in [0.717, 1.165) is 32.4 Å². The van der Waals surface area contributed by atoms with Crippen molar-refractivity contribution in [3.63, 3.8) is 0 Å². The van der Waals surface area contributed by atoms with Crippen molar-refractivity contribution >= 4 is 17.6 Å². The Kier molecular flexibility index (Phi) is 5.04. The molecule has 1 heterocycles. The van der Waals surface area contributed by atoms with Crippen molar-refractivity contribution in [1.82, 2.24) is 5.32 Å². The molecule has 1 amide bonds. The van der Waals surface area contributed by atoms with Crippen LogP contribution in [0.15, 0.2) is 24.3 Å². The summed E-state index contributed by atoms with van der Waals surface area (Å²) >= 11 is 0. The molecule has 1 saturated carbocycles. The maximum atomic E-state index is 12.5.